The molecule has 1 atom stereocenters. The lowest BCUT2D eigenvalue weighted by Crippen LogP contribution is -2.31. The number of aromatic nitrogens is 1. The van der Waals surface area contributed by atoms with Gasteiger partial charge in [-0.25, -0.2) is 5.84 Å². The quantitative estimate of drug-likeness (QED) is 0.501. The Labute approximate surface area is 141 Å². The number of hydrazine groups is 1. The maximum Gasteiger partial charge on any atom is 0.298 e. The van der Waals surface area contributed by atoms with Gasteiger partial charge in [-0.1, -0.05) is 19.6 Å². The van der Waals surface area contributed by atoms with E-state index in [2.05, 4.69) is 21.9 Å². The van der Waals surface area contributed by atoms with E-state index in [0.717, 1.165) is 35.3 Å². The van der Waals surface area contributed by atoms with Gasteiger partial charge in [0.05, 0.1) is 0 Å². The Hall–Kier alpha value is -2.34. The van der Waals surface area contributed by atoms with Crippen molar-refractivity contribution in [3.63, 3.8) is 0 Å². The molecule has 2 heterocycles. The number of allylic oxidation sites excluding steroid dienone is 1. The van der Waals surface area contributed by atoms with Crippen LogP contribution in [0.5, 0.6) is 0 Å². The first-order chi connectivity index (χ1) is 11.6. The molecule has 0 aliphatic carbocycles. The van der Waals surface area contributed by atoms with Gasteiger partial charge in [-0.2, -0.15) is 4.98 Å². The molecule has 1 amide bonds. The van der Waals surface area contributed by atoms with Crippen LogP contribution in [0.15, 0.2) is 29.2 Å². The number of oxazole rings is 1. The Morgan fingerprint density at radius 3 is 2.88 bits per heavy atom. The Bertz CT molecular complexity index is 747. The largest absolute Gasteiger partial charge is 0.423 e. The molecule has 3 N–H and O–H groups in total. The first kappa shape index (κ1) is 16.5. The molecule has 1 aliphatic heterocycles. The predicted molar refractivity (Wildman–Crippen MR) is 95.2 cm³/mol. The second-order valence-electron chi connectivity index (χ2n) is 6.42. The smallest absolute Gasteiger partial charge is 0.298 e. The number of piperidine rings is 1. The monoisotopic (exact) mass is 328 g/mol. The highest BCUT2D eigenvalue weighted by Crippen LogP contribution is 2.29. The van der Waals surface area contributed by atoms with Crippen molar-refractivity contribution in [2.24, 2.45) is 11.8 Å². The van der Waals surface area contributed by atoms with E-state index in [0.29, 0.717) is 12.4 Å². The molecule has 1 fully saturated rings. The molecule has 3 rings (SSSR count). The Balaban J connectivity index is 1.80. The molecule has 1 saturated heterocycles. The third-order valence-electron chi connectivity index (χ3n) is 4.62. The van der Waals surface area contributed by atoms with Crippen LogP contribution >= 0.6 is 0 Å². The molecular weight excluding hydrogens is 304 g/mol. The fraction of sp³-hybridized carbons (Fsp3) is 0.444. The van der Waals surface area contributed by atoms with Gasteiger partial charge >= 0.3 is 0 Å². The van der Waals surface area contributed by atoms with Gasteiger partial charge in [-0.05, 0) is 48.4 Å². The number of rotatable bonds is 5. The fourth-order valence-corrected chi connectivity index (χ4v) is 3.08. The van der Waals surface area contributed by atoms with Gasteiger partial charge in [0.1, 0.15) is 5.52 Å². The van der Waals surface area contributed by atoms with Crippen molar-refractivity contribution in [2.45, 2.75) is 32.6 Å². The zero-order chi connectivity index (χ0) is 17.1. The van der Waals surface area contributed by atoms with Crippen LogP contribution in [0.25, 0.3) is 16.7 Å². The van der Waals surface area contributed by atoms with Gasteiger partial charge in [0.15, 0.2) is 5.58 Å². The summed E-state index contributed by atoms with van der Waals surface area (Å²) in [5.74, 6) is 4.95. The Morgan fingerprint density at radius 2 is 2.17 bits per heavy atom. The van der Waals surface area contributed by atoms with Crippen LogP contribution in [0.1, 0.15) is 38.2 Å². The molecule has 1 aromatic carbocycles. The zero-order valence-corrected chi connectivity index (χ0v) is 14.0. The van der Waals surface area contributed by atoms with Gasteiger partial charge in [0.2, 0.25) is 5.91 Å². The van der Waals surface area contributed by atoms with Crippen molar-refractivity contribution in [1.82, 2.24) is 10.4 Å². The summed E-state index contributed by atoms with van der Waals surface area (Å²) >= 11 is 0. The topological polar surface area (TPSA) is 84.4 Å². The van der Waals surface area contributed by atoms with Crippen LogP contribution in [0.2, 0.25) is 0 Å². The SMILES string of the molecule is C=C(c1ccc2nc(N3CCCCC3)oc2c1)C(C)CC(=O)NN. The predicted octanol–water partition coefficient (Wildman–Crippen LogP) is 2.85. The van der Waals surface area contributed by atoms with Crippen molar-refractivity contribution >= 4 is 28.6 Å². The lowest BCUT2D eigenvalue weighted by molar-refractivity contribution is -0.121. The number of benzene rings is 1. The average Bonchev–Trinajstić information content (AvgIpc) is 3.04. The lowest BCUT2D eigenvalue weighted by Gasteiger charge is -2.24. The highest BCUT2D eigenvalue weighted by Gasteiger charge is 2.18. The van der Waals surface area contributed by atoms with E-state index < -0.39 is 0 Å². The van der Waals surface area contributed by atoms with Gasteiger partial charge < -0.3 is 9.32 Å². The van der Waals surface area contributed by atoms with Gasteiger partial charge in [-0.15, -0.1) is 0 Å². The molecule has 1 unspecified atom stereocenters. The van der Waals surface area contributed by atoms with Crippen molar-refractivity contribution in [2.75, 3.05) is 18.0 Å². The van der Waals surface area contributed by atoms with E-state index in [4.69, 9.17) is 10.3 Å². The molecular formula is C18H24N4O2. The van der Waals surface area contributed by atoms with E-state index in [1.807, 2.05) is 25.1 Å². The summed E-state index contributed by atoms with van der Waals surface area (Å²) < 4.78 is 5.95. The van der Waals surface area contributed by atoms with Gasteiger partial charge in [-0.3, -0.25) is 10.2 Å². The minimum Gasteiger partial charge on any atom is -0.423 e. The molecule has 0 radical (unpaired) electrons. The molecule has 1 aromatic heterocycles. The Morgan fingerprint density at radius 1 is 1.42 bits per heavy atom. The highest BCUT2D eigenvalue weighted by molar-refractivity contribution is 5.82. The summed E-state index contributed by atoms with van der Waals surface area (Å²) in [5.41, 5.74) is 5.60. The maximum atomic E-state index is 11.4. The van der Waals surface area contributed by atoms with Crippen LogP contribution in [0, 0.1) is 5.92 Å². The summed E-state index contributed by atoms with van der Waals surface area (Å²) in [7, 11) is 0. The average molecular weight is 328 g/mol. The zero-order valence-electron chi connectivity index (χ0n) is 14.0. The number of amides is 1. The molecule has 2 aromatic rings. The minimum absolute atomic E-state index is 0.00418. The third kappa shape index (κ3) is 3.43. The number of fused-ring (bicyclic) bond motifs is 1. The number of carbonyl (C=O) groups excluding carboxylic acids is 1. The standard InChI is InChI=1S/C18H24N4O2/c1-12(10-17(23)21-19)13(2)14-6-7-15-16(11-14)24-18(20-15)22-8-4-3-5-9-22/h6-7,11-12H,2-5,8-10,19H2,1H3,(H,21,23). The van der Waals surface area contributed by atoms with Gasteiger partial charge in [0, 0.05) is 19.5 Å². The fourth-order valence-electron chi connectivity index (χ4n) is 3.08. The van der Waals surface area contributed by atoms with E-state index in [9.17, 15) is 4.79 Å². The van der Waals surface area contributed by atoms with Crippen LogP contribution in [-0.2, 0) is 4.79 Å². The highest BCUT2D eigenvalue weighted by atomic mass is 16.4. The molecule has 0 bridgehead atoms. The van der Waals surface area contributed by atoms with Crippen LogP contribution in [0.3, 0.4) is 0 Å². The van der Waals surface area contributed by atoms with E-state index in [1.54, 1.807) is 0 Å². The van der Waals surface area contributed by atoms with E-state index in [-0.39, 0.29) is 11.8 Å². The first-order valence-electron chi connectivity index (χ1n) is 8.42. The molecule has 0 spiro atoms. The summed E-state index contributed by atoms with van der Waals surface area (Å²) in [4.78, 5) is 18.2. The van der Waals surface area contributed by atoms with Crippen molar-refractivity contribution in [3.05, 3.63) is 30.3 Å². The normalized spacial score (nSPS) is 16.2. The molecule has 24 heavy (non-hydrogen) atoms. The van der Waals surface area contributed by atoms with Crippen molar-refractivity contribution < 1.29 is 9.21 Å². The number of hydrogen-bond acceptors (Lipinski definition) is 5. The number of nitrogens with two attached hydrogens (primary N) is 1. The molecule has 1 aliphatic rings. The maximum absolute atomic E-state index is 11.4. The molecule has 128 valence electrons. The third-order valence-corrected chi connectivity index (χ3v) is 4.62. The minimum atomic E-state index is -0.197. The molecule has 6 heteroatoms. The van der Waals surface area contributed by atoms with Crippen LogP contribution in [-0.4, -0.2) is 24.0 Å². The van der Waals surface area contributed by atoms with Crippen LogP contribution in [0.4, 0.5) is 6.01 Å². The summed E-state index contributed by atoms with van der Waals surface area (Å²) in [6.45, 7) is 8.08. The van der Waals surface area contributed by atoms with E-state index >= 15 is 0 Å². The summed E-state index contributed by atoms with van der Waals surface area (Å²) in [6.07, 6.45) is 3.95. The molecule has 6 nitrogen and oxygen atoms in total. The molecule has 0 saturated carbocycles. The number of carbonyl (C=O) groups is 1. The number of nitrogens with one attached hydrogen (secondary N) is 1. The Kier molecular flexibility index (Phi) is 4.85. The number of anilines is 1. The van der Waals surface area contributed by atoms with Crippen molar-refractivity contribution in [3.8, 4) is 0 Å². The van der Waals surface area contributed by atoms with Crippen LogP contribution < -0.4 is 16.2 Å². The second kappa shape index (κ2) is 7.05. The number of hydrogen-bond donors (Lipinski definition) is 2. The van der Waals surface area contributed by atoms with E-state index in [1.165, 1.54) is 19.3 Å². The first-order valence-corrected chi connectivity index (χ1v) is 8.42. The number of nitrogens with zero attached hydrogens (tertiary/aromatic N) is 2. The summed E-state index contributed by atoms with van der Waals surface area (Å²) in [5, 5.41) is 0. The van der Waals surface area contributed by atoms with Crippen molar-refractivity contribution in [1.29, 1.82) is 0 Å². The lowest BCUT2D eigenvalue weighted by atomic mass is 9.92. The summed E-state index contributed by atoms with van der Waals surface area (Å²) in [6, 6.07) is 6.57. The van der Waals surface area contributed by atoms with Gasteiger partial charge in [0.25, 0.3) is 6.01 Å². The second-order valence-corrected chi connectivity index (χ2v) is 6.42.